The SMILES string of the molecule is [C-]#[N+]c1c2ccc(N(C)C)cc2[n+](CCCCCC(=O)NCCOCCNC(=O)CCCCC[n+]2c3cc(N(C)C)ccc3c(C#N)c3ccc(N(C)C)cc32)c2cc(N(C)C)ccc12. The van der Waals surface area contributed by atoms with Crippen molar-refractivity contribution in [1.29, 1.82) is 5.26 Å². The number of hydrogen-bond donors (Lipinski definition) is 2. The van der Waals surface area contributed by atoms with Crippen LogP contribution in [0.15, 0.2) is 72.8 Å². The number of aryl methyl sites for hydroxylation is 2. The fraction of sp³-hybridized carbons (Fsp3) is 0.423. The van der Waals surface area contributed by atoms with Crippen LogP contribution in [-0.4, -0.2) is 94.5 Å². The van der Waals surface area contributed by atoms with Crippen molar-refractivity contribution >= 4 is 83.9 Å². The molecule has 4 aromatic carbocycles. The minimum absolute atomic E-state index is 0.00636. The Morgan fingerprint density at radius 3 is 1.26 bits per heavy atom. The van der Waals surface area contributed by atoms with E-state index in [4.69, 9.17) is 11.3 Å². The van der Waals surface area contributed by atoms with Gasteiger partial charge in [0.1, 0.15) is 19.2 Å². The molecule has 0 saturated heterocycles. The van der Waals surface area contributed by atoms with E-state index in [0.29, 0.717) is 50.4 Å². The van der Waals surface area contributed by atoms with Crippen LogP contribution in [0, 0.1) is 17.9 Å². The molecule has 13 heteroatoms. The molecule has 0 fully saturated rings. The number of aromatic nitrogens is 2. The van der Waals surface area contributed by atoms with Gasteiger partial charge in [0.05, 0.1) is 46.9 Å². The van der Waals surface area contributed by atoms with Crippen LogP contribution >= 0.6 is 0 Å². The molecule has 0 aliphatic rings. The number of rotatable bonds is 22. The van der Waals surface area contributed by atoms with Crippen molar-refractivity contribution in [3.63, 3.8) is 0 Å². The van der Waals surface area contributed by atoms with Crippen molar-refractivity contribution in [2.45, 2.75) is 64.5 Å². The number of ether oxygens (including phenoxy) is 1. The van der Waals surface area contributed by atoms with E-state index in [1.165, 1.54) is 0 Å². The van der Waals surface area contributed by atoms with Crippen LogP contribution in [-0.2, 0) is 27.4 Å². The zero-order valence-corrected chi connectivity index (χ0v) is 39.6. The van der Waals surface area contributed by atoms with Gasteiger partial charge in [0.25, 0.3) is 0 Å². The lowest BCUT2D eigenvalue weighted by Crippen LogP contribution is -2.36. The molecular formula is C52H66N10O3+2. The van der Waals surface area contributed by atoms with Gasteiger partial charge in [-0.1, -0.05) is 12.1 Å². The molecule has 0 unspecified atom stereocenters. The number of fused-ring (bicyclic) bond motifs is 4. The Morgan fingerprint density at radius 1 is 0.569 bits per heavy atom. The molecule has 0 aliphatic heterocycles. The van der Waals surface area contributed by atoms with Crippen molar-refractivity contribution in [3.05, 3.63) is 89.8 Å². The van der Waals surface area contributed by atoms with Gasteiger partial charge in [-0.25, -0.2) is 4.85 Å². The molecule has 2 N–H and O–H groups in total. The van der Waals surface area contributed by atoms with Crippen molar-refractivity contribution < 1.29 is 23.5 Å². The van der Waals surface area contributed by atoms with Crippen molar-refractivity contribution in [2.75, 3.05) is 102 Å². The number of nitrogens with zero attached hydrogens (tertiary/aromatic N) is 8. The lowest BCUT2D eigenvalue weighted by Gasteiger charge is -2.16. The predicted octanol–water partition coefficient (Wildman–Crippen LogP) is 7.63. The second-order valence-electron chi connectivity index (χ2n) is 17.6. The first kappa shape index (κ1) is 47.8. The van der Waals surface area contributed by atoms with Crippen LogP contribution in [0.1, 0.15) is 56.9 Å². The zero-order valence-electron chi connectivity index (χ0n) is 39.6. The highest BCUT2D eigenvalue weighted by Gasteiger charge is 2.24. The second kappa shape index (κ2) is 22.3. The fourth-order valence-electron chi connectivity index (χ4n) is 8.45. The number of unbranched alkanes of at least 4 members (excludes halogenated alkanes) is 4. The Hall–Kier alpha value is -6.70. The Kier molecular flexibility index (Phi) is 16.4. The molecule has 2 amide bonds. The molecule has 2 aromatic heterocycles. The molecule has 0 aliphatic carbocycles. The summed E-state index contributed by atoms with van der Waals surface area (Å²) in [5.74, 6) is 0.0144. The Bertz CT molecular complexity index is 2420. The molecule has 0 saturated carbocycles. The van der Waals surface area contributed by atoms with Gasteiger partial charge in [-0.15, -0.1) is 0 Å². The van der Waals surface area contributed by atoms with Gasteiger partial charge < -0.3 is 35.0 Å². The number of carbonyl (C=O) groups is 2. The molecule has 13 nitrogen and oxygen atoms in total. The highest BCUT2D eigenvalue weighted by Crippen LogP contribution is 2.36. The quantitative estimate of drug-likeness (QED) is 0.0310. The fourth-order valence-corrected chi connectivity index (χ4v) is 8.45. The number of nitrogens with one attached hydrogen (secondary N) is 2. The lowest BCUT2D eigenvalue weighted by molar-refractivity contribution is -0.646. The van der Waals surface area contributed by atoms with E-state index < -0.39 is 0 Å². The number of anilines is 4. The zero-order chi connectivity index (χ0) is 46.6. The number of nitriles is 1. The summed E-state index contributed by atoms with van der Waals surface area (Å²) in [6, 6.07) is 27.6. The molecule has 6 rings (SSSR count). The van der Waals surface area contributed by atoms with Crippen LogP contribution in [0.4, 0.5) is 28.4 Å². The Balaban J connectivity index is 0.892. The van der Waals surface area contributed by atoms with Crippen LogP contribution in [0.25, 0.3) is 48.5 Å². The van der Waals surface area contributed by atoms with Gasteiger partial charge in [0.2, 0.25) is 39.6 Å². The van der Waals surface area contributed by atoms with Crippen molar-refractivity contribution in [2.24, 2.45) is 0 Å². The van der Waals surface area contributed by atoms with Gasteiger partial charge in [0, 0.05) is 142 Å². The van der Waals surface area contributed by atoms with Crippen LogP contribution < -0.4 is 39.4 Å². The summed E-state index contributed by atoms with van der Waals surface area (Å²) in [7, 11) is 16.2. The molecule has 340 valence electrons. The number of amides is 2. The van der Waals surface area contributed by atoms with E-state index in [-0.39, 0.29) is 11.8 Å². The first-order chi connectivity index (χ1) is 31.3. The standard InChI is InChI=1S/C52H64N10O3/c1-54-52-43-24-20-39(59(6)7)34-48(43)62(49-35-40(60(8)9)21-25-44(49)52)29-15-11-13-17-51(64)56-27-31-65-30-26-55-50(63)16-12-10-14-28-61-46-32-37(57(2)3)18-22-41(46)45(36-53)42-23-19-38(58(4)5)33-47(42)61/h18-25,32-35H,10-17,26-31H2,2-9H3/p+2. The Labute approximate surface area is 384 Å². The molecular weight excluding hydrogens is 813 g/mol. The topological polar surface area (TPSA) is 116 Å². The monoisotopic (exact) mass is 879 g/mol. The summed E-state index contributed by atoms with van der Waals surface area (Å²) in [6.07, 6.45) is 6.02. The molecule has 2 heterocycles. The maximum atomic E-state index is 12.6. The first-order valence-electron chi connectivity index (χ1n) is 22.8. The maximum Gasteiger partial charge on any atom is 0.220 e. The molecule has 0 bridgehead atoms. The van der Waals surface area contributed by atoms with E-state index in [9.17, 15) is 14.9 Å². The Morgan fingerprint density at radius 2 is 0.923 bits per heavy atom. The van der Waals surface area contributed by atoms with Gasteiger partial charge >= 0.3 is 0 Å². The third-order valence-electron chi connectivity index (χ3n) is 12.1. The molecule has 0 radical (unpaired) electrons. The summed E-state index contributed by atoms with van der Waals surface area (Å²) >= 11 is 0. The molecule has 0 spiro atoms. The summed E-state index contributed by atoms with van der Waals surface area (Å²) in [4.78, 5) is 37.6. The third-order valence-corrected chi connectivity index (χ3v) is 12.1. The average Bonchev–Trinajstić information content (AvgIpc) is 3.29. The normalized spacial score (nSPS) is 11.2. The van der Waals surface area contributed by atoms with Crippen LogP contribution in [0.2, 0.25) is 0 Å². The highest BCUT2D eigenvalue weighted by molar-refractivity contribution is 6.06. The van der Waals surface area contributed by atoms with E-state index >= 15 is 0 Å². The van der Waals surface area contributed by atoms with Crippen molar-refractivity contribution in [3.8, 4) is 6.07 Å². The minimum Gasteiger partial charge on any atom is -0.378 e. The smallest absolute Gasteiger partial charge is 0.220 e. The molecule has 6 aromatic rings. The first-order valence-corrected chi connectivity index (χ1v) is 22.8. The third kappa shape index (κ3) is 11.5. The average molecular weight is 879 g/mol. The summed E-state index contributed by atoms with van der Waals surface area (Å²) in [5, 5.41) is 19.9. The highest BCUT2D eigenvalue weighted by atomic mass is 16.5. The number of hydrogen-bond acceptors (Lipinski definition) is 8. The summed E-state index contributed by atoms with van der Waals surface area (Å²) in [6.45, 7) is 11.2. The van der Waals surface area contributed by atoms with Gasteiger partial charge in [0.15, 0.2) is 0 Å². The second-order valence-corrected chi connectivity index (χ2v) is 17.6. The molecule has 0 atom stereocenters. The van der Waals surface area contributed by atoms with Gasteiger partial charge in [-0.2, -0.15) is 14.4 Å². The number of benzene rings is 4. The van der Waals surface area contributed by atoms with Crippen LogP contribution in [0.5, 0.6) is 0 Å². The summed E-state index contributed by atoms with van der Waals surface area (Å²) in [5.41, 5.74) is 9.80. The van der Waals surface area contributed by atoms with Gasteiger partial charge in [-0.05, 0) is 62.1 Å². The van der Waals surface area contributed by atoms with Crippen molar-refractivity contribution in [1.82, 2.24) is 10.6 Å². The predicted molar refractivity (Wildman–Crippen MR) is 265 cm³/mol. The summed E-state index contributed by atoms with van der Waals surface area (Å²) < 4.78 is 10.4. The van der Waals surface area contributed by atoms with Gasteiger partial charge in [-0.3, -0.25) is 9.59 Å². The van der Waals surface area contributed by atoms with E-state index in [2.05, 4.69) is 123 Å². The minimum atomic E-state index is 0.00636. The molecule has 65 heavy (non-hydrogen) atoms. The van der Waals surface area contributed by atoms with E-state index in [1.807, 2.05) is 56.4 Å². The largest absolute Gasteiger partial charge is 0.378 e. The van der Waals surface area contributed by atoms with Crippen LogP contribution in [0.3, 0.4) is 0 Å². The number of carbonyl (C=O) groups excluding carboxylic acids is 2. The number of pyridine rings is 2. The van der Waals surface area contributed by atoms with E-state index in [0.717, 1.165) is 118 Å². The maximum absolute atomic E-state index is 12.6. The van der Waals surface area contributed by atoms with E-state index in [1.54, 1.807) is 0 Å². The lowest BCUT2D eigenvalue weighted by atomic mass is 10.0.